The summed E-state index contributed by atoms with van der Waals surface area (Å²) in [6, 6.07) is 1.67. The van der Waals surface area contributed by atoms with E-state index in [2.05, 4.69) is 21.9 Å². The highest BCUT2D eigenvalue weighted by Crippen LogP contribution is 2.34. The number of nitrogens with one attached hydrogen (secondary N) is 3. The van der Waals surface area contributed by atoms with E-state index >= 15 is 0 Å². The molecule has 1 heterocycles. The summed E-state index contributed by atoms with van der Waals surface area (Å²) in [4.78, 5) is 3.28. The van der Waals surface area contributed by atoms with E-state index in [1.165, 1.54) is 6.20 Å². The molecule has 7 heteroatoms. The summed E-state index contributed by atoms with van der Waals surface area (Å²) in [5, 5.41) is 3.23. The fourth-order valence-electron chi connectivity index (χ4n) is 2.41. The minimum atomic E-state index is -3.48. The zero-order valence-electron chi connectivity index (χ0n) is 12.7. The van der Waals surface area contributed by atoms with Gasteiger partial charge >= 0.3 is 0 Å². The first-order valence-electron chi connectivity index (χ1n) is 7.44. The van der Waals surface area contributed by atoms with Gasteiger partial charge in [-0.1, -0.05) is 6.92 Å². The largest absolute Gasteiger partial charge is 0.377 e. The van der Waals surface area contributed by atoms with Gasteiger partial charge in [-0.25, -0.2) is 13.1 Å². The molecule has 21 heavy (non-hydrogen) atoms. The normalized spacial score (nSPS) is 17.6. The van der Waals surface area contributed by atoms with Crippen molar-refractivity contribution in [3.63, 3.8) is 0 Å². The first kappa shape index (κ1) is 16.5. The number of rotatable bonds is 9. The molecule has 0 aliphatic heterocycles. The molecule has 0 bridgehead atoms. The summed E-state index contributed by atoms with van der Waals surface area (Å²) in [7, 11) is -1.84. The molecule has 0 spiro atoms. The molecule has 1 aromatic heterocycles. The predicted octanol–water partition coefficient (Wildman–Crippen LogP) is 1.36. The van der Waals surface area contributed by atoms with Crippen LogP contribution in [0, 0.1) is 0 Å². The summed E-state index contributed by atoms with van der Waals surface area (Å²) in [5.41, 5.74) is 0.559. The van der Waals surface area contributed by atoms with E-state index in [9.17, 15) is 8.42 Å². The second kappa shape index (κ2) is 6.91. The molecule has 0 atom stereocenters. The fraction of sp³-hybridized carbons (Fsp3) is 0.714. The zero-order valence-corrected chi connectivity index (χ0v) is 13.6. The SMILES string of the molecule is CCCNCc1cc(S(=O)(=O)NCC2(OC)CCC2)c[nH]1. The quantitative estimate of drug-likeness (QED) is 0.601. The van der Waals surface area contributed by atoms with Crippen LogP contribution < -0.4 is 10.0 Å². The maximum absolute atomic E-state index is 12.3. The molecule has 0 radical (unpaired) electrons. The summed E-state index contributed by atoms with van der Waals surface area (Å²) in [6.45, 7) is 3.98. The third kappa shape index (κ3) is 4.06. The molecule has 1 aliphatic rings. The van der Waals surface area contributed by atoms with Gasteiger partial charge in [-0.3, -0.25) is 0 Å². The number of hydrogen-bond acceptors (Lipinski definition) is 4. The van der Waals surface area contributed by atoms with Crippen molar-refractivity contribution in [2.45, 2.75) is 49.6 Å². The highest BCUT2D eigenvalue weighted by atomic mass is 32.2. The van der Waals surface area contributed by atoms with Gasteiger partial charge in [-0.15, -0.1) is 0 Å². The molecule has 0 aromatic carbocycles. The lowest BCUT2D eigenvalue weighted by Gasteiger charge is -2.40. The van der Waals surface area contributed by atoms with Crippen LogP contribution in [0.1, 0.15) is 38.3 Å². The predicted molar refractivity (Wildman–Crippen MR) is 81.6 cm³/mol. The number of aromatic nitrogens is 1. The van der Waals surface area contributed by atoms with Gasteiger partial charge in [-0.2, -0.15) is 0 Å². The van der Waals surface area contributed by atoms with Crippen molar-refractivity contribution in [2.75, 3.05) is 20.2 Å². The lowest BCUT2D eigenvalue weighted by molar-refractivity contribution is -0.0659. The van der Waals surface area contributed by atoms with Gasteiger partial charge in [0.1, 0.15) is 0 Å². The van der Waals surface area contributed by atoms with Crippen LogP contribution >= 0.6 is 0 Å². The second-order valence-electron chi connectivity index (χ2n) is 5.60. The summed E-state index contributed by atoms with van der Waals surface area (Å²) >= 11 is 0. The molecule has 120 valence electrons. The summed E-state index contributed by atoms with van der Waals surface area (Å²) in [5.74, 6) is 0. The topological polar surface area (TPSA) is 83.2 Å². The Hall–Kier alpha value is -0.890. The standard InChI is InChI=1S/C14H25N3O3S/c1-3-7-15-9-12-8-13(10-16-12)21(18,19)17-11-14(20-2)5-4-6-14/h8,10,15-17H,3-7,9,11H2,1-2H3. The number of aromatic amines is 1. The Morgan fingerprint density at radius 2 is 2.19 bits per heavy atom. The van der Waals surface area contributed by atoms with Crippen LogP contribution in [0.15, 0.2) is 17.2 Å². The molecule has 0 amide bonds. The molecular weight excluding hydrogens is 290 g/mol. The van der Waals surface area contributed by atoms with Gasteiger partial charge < -0.3 is 15.0 Å². The number of sulfonamides is 1. The van der Waals surface area contributed by atoms with Crippen molar-refractivity contribution in [2.24, 2.45) is 0 Å². The maximum Gasteiger partial charge on any atom is 0.242 e. The molecule has 2 rings (SSSR count). The molecule has 0 unspecified atom stereocenters. The van der Waals surface area contributed by atoms with Crippen LogP contribution in [0.5, 0.6) is 0 Å². The van der Waals surface area contributed by atoms with Crippen LogP contribution in [0.25, 0.3) is 0 Å². The lowest BCUT2D eigenvalue weighted by Crippen LogP contribution is -2.49. The fourth-order valence-corrected chi connectivity index (χ4v) is 3.54. The Labute approximate surface area is 126 Å². The van der Waals surface area contributed by atoms with Gasteiger partial charge in [0.25, 0.3) is 0 Å². The van der Waals surface area contributed by atoms with Crippen molar-refractivity contribution in [3.8, 4) is 0 Å². The van der Waals surface area contributed by atoms with E-state index in [-0.39, 0.29) is 10.5 Å². The van der Waals surface area contributed by atoms with Crippen LogP contribution in [-0.2, 0) is 21.3 Å². The first-order chi connectivity index (χ1) is 10.0. The van der Waals surface area contributed by atoms with E-state index in [0.717, 1.165) is 37.9 Å². The van der Waals surface area contributed by atoms with E-state index in [1.807, 2.05) is 0 Å². The Balaban J connectivity index is 1.93. The molecule has 1 fully saturated rings. The van der Waals surface area contributed by atoms with Crippen molar-refractivity contribution >= 4 is 10.0 Å². The molecule has 6 nitrogen and oxygen atoms in total. The Bertz CT molecular complexity index is 544. The van der Waals surface area contributed by atoms with Crippen LogP contribution in [-0.4, -0.2) is 39.2 Å². The van der Waals surface area contributed by atoms with E-state index in [0.29, 0.717) is 13.1 Å². The average Bonchev–Trinajstić information content (AvgIpc) is 2.88. The molecule has 1 saturated carbocycles. The monoisotopic (exact) mass is 315 g/mol. The van der Waals surface area contributed by atoms with Gasteiger partial charge in [0, 0.05) is 32.1 Å². The smallest absolute Gasteiger partial charge is 0.242 e. The Morgan fingerprint density at radius 3 is 2.76 bits per heavy atom. The number of H-pyrrole nitrogens is 1. The summed E-state index contributed by atoms with van der Waals surface area (Å²) < 4.78 is 32.6. The van der Waals surface area contributed by atoms with E-state index in [4.69, 9.17) is 4.74 Å². The number of ether oxygens (including phenoxy) is 1. The van der Waals surface area contributed by atoms with Crippen LogP contribution in [0.4, 0.5) is 0 Å². The number of hydrogen-bond donors (Lipinski definition) is 3. The van der Waals surface area contributed by atoms with Crippen molar-refractivity contribution in [1.82, 2.24) is 15.0 Å². The van der Waals surface area contributed by atoms with Crippen molar-refractivity contribution < 1.29 is 13.2 Å². The van der Waals surface area contributed by atoms with E-state index < -0.39 is 10.0 Å². The first-order valence-corrected chi connectivity index (χ1v) is 8.92. The zero-order chi connectivity index (χ0) is 15.3. The summed E-state index contributed by atoms with van der Waals surface area (Å²) in [6.07, 6.45) is 5.49. The average molecular weight is 315 g/mol. The molecule has 1 aliphatic carbocycles. The van der Waals surface area contributed by atoms with Gasteiger partial charge in [0.05, 0.1) is 10.5 Å². The van der Waals surface area contributed by atoms with Crippen LogP contribution in [0.2, 0.25) is 0 Å². The minimum absolute atomic E-state index is 0.279. The third-order valence-electron chi connectivity index (χ3n) is 4.05. The molecule has 1 aromatic rings. The molecular formula is C14H25N3O3S. The third-order valence-corrected chi connectivity index (χ3v) is 5.43. The Kier molecular flexibility index (Phi) is 5.43. The molecule has 3 N–H and O–H groups in total. The van der Waals surface area contributed by atoms with Gasteiger partial charge in [0.2, 0.25) is 10.0 Å². The molecule has 0 saturated heterocycles. The Morgan fingerprint density at radius 1 is 1.43 bits per heavy atom. The number of methoxy groups -OCH3 is 1. The van der Waals surface area contributed by atoms with Crippen molar-refractivity contribution in [3.05, 3.63) is 18.0 Å². The van der Waals surface area contributed by atoms with Crippen molar-refractivity contribution in [1.29, 1.82) is 0 Å². The highest BCUT2D eigenvalue weighted by molar-refractivity contribution is 7.89. The maximum atomic E-state index is 12.3. The highest BCUT2D eigenvalue weighted by Gasteiger charge is 2.38. The lowest BCUT2D eigenvalue weighted by atomic mass is 9.80. The van der Waals surface area contributed by atoms with Crippen LogP contribution in [0.3, 0.4) is 0 Å². The second-order valence-corrected chi connectivity index (χ2v) is 7.37. The van der Waals surface area contributed by atoms with Gasteiger partial charge in [0.15, 0.2) is 0 Å². The minimum Gasteiger partial charge on any atom is -0.377 e. The van der Waals surface area contributed by atoms with E-state index in [1.54, 1.807) is 13.2 Å². The van der Waals surface area contributed by atoms with Gasteiger partial charge in [-0.05, 0) is 38.3 Å².